The van der Waals surface area contributed by atoms with E-state index in [0.29, 0.717) is 6.54 Å². The summed E-state index contributed by atoms with van der Waals surface area (Å²) in [6, 6.07) is 6.08. The molecule has 0 unspecified atom stereocenters. The summed E-state index contributed by atoms with van der Waals surface area (Å²) in [6.45, 7) is 6.13. The van der Waals surface area contributed by atoms with E-state index < -0.39 is 0 Å². The van der Waals surface area contributed by atoms with Crippen LogP contribution in [0.5, 0.6) is 0 Å². The zero-order valence-corrected chi connectivity index (χ0v) is 14.6. The highest BCUT2D eigenvalue weighted by molar-refractivity contribution is 7.09. The molecule has 0 saturated heterocycles. The predicted molar refractivity (Wildman–Crippen MR) is 96.2 cm³/mol. The lowest BCUT2D eigenvalue weighted by atomic mass is 10.1. The van der Waals surface area contributed by atoms with Gasteiger partial charge in [0.25, 0.3) is 0 Å². The van der Waals surface area contributed by atoms with Gasteiger partial charge in [-0.2, -0.15) is 0 Å². The second-order valence-corrected chi connectivity index (χ2v) is 6.85. The number of carbonyl (C=O) groups is 2. The Hall–Kier alpha value is -2.47. The Balaban J connectivity index is 1.79. The molecule has 0 radical (unpaired) electrons. The molecule has 0 saturated carbocycles. The van der Waals surface area contributed by atoms with Crippen LogP contribution in [0.4, 0.5) is 5.69 Å². The van der Waals surface area contributed by atoms with Gasteiger partial charge in [-0.15, -0.1) is 11.3 Å². The Morgan fingerprint density at radius 2 is 2.25 bits per heavy atom. The fourth-order valence-electron chi connectivity index (χ4n) is 2.84. The van der Waals surface area contributed by atoms with E-state index in [1.165, 1.54) is 11.0 Å². The lowest BCUT2D eigenvalue weighted by Gasteiger charge is -2.21. The second kappa shape index (κ2) is 6.57. The highest BCUT2D eigenvalue weighted by atomic mass is 32.1. The third kappa shape index (κ3) is 3.10. The first-order chi connectivity index (χ1) is 11.5. The van der Waals surface area contributed by atoms with Gasteiger partial charge in [0.15, 0.2) is 0 Å². The number of hydrogen-bond donors (Lipinski definition) is 0. The monoisotopic (exact) mass is 341 g/mol. The van der Waals surface area contributed by atoms with Crippen molar-refractivity contribution in [3.63, 3.8) is 0 Å². The number of aryl methyl sites for hydroxylation is 1. The molecule has 0 N–H and O–H groups in total. The summed E-state index contributed by atoms with van der Waals surface area (Å²) in [4.78, 5) is 31.7. The van der Waals surface area contributed by atoms with E-state index in [4.69, 9.17) is 0 Å². The van der Waals surface area contributed by atoms with Crippen LogP contribution >= 0.6 is 11.3 Å². The molecule has 124 valence electrons. The van der Waals surface area contributed by atoms with E-state index in [1.54, 1.807) is 23.3 Å². The molecule has 5 nitrogen and oxygen atoms in total. The Bertz CT molecular complexity index is 812. The number of likely N-dealkylation sites (N-methyl/N-ethyl adjacent to an activating group) is 1. The minimum absolute atomic E-state index is 0.0529. The maximum absolute atomic E-state index is 12.5. The molecule has 2 amide bonds. The fourth-order valence-corrected chi connectivity index (χ4v) is 3.46. The van der Waals surface area contributed by atoms with Crippen molar-refractivity contribution in [1.82, 2.24) is 9.88 Å². The van der Waals surface area contributed by atoms with E-state index in [0.717, 1.165) is 33.9 Å². The van der Waals surface area contributed by atoms with Crippen LogP contribution in [0.3, 0.4) is 0 Å². The zero-order valence-electron chi connectivity index (χ0n) is 13.8. The topological polar surface area (TPSA) is 53.5 Å². The number of anilines is 1. The van der Waals surface area contributed by atoms with Gasteiger partial charge in [-0.1, -0.05) is 12.6 Å². The SMILES string of the molecule is C=CC(=O)N(C)CC(=O)N1CCc2cc(-c3csc(C)n3)ccc21. The van der Waals surface area contributed by atoms with Crippen molar-refractivity contribution < 1.29 is 9.59 Å². The Labute approximate surface area is 145 Å². The molecule has 1 aromatic heterocycles. The average Bonchev–Trinajstić information content (AvgIpc) is 3.19. The molecule has 6 heteroatoms. The molecule has 1 aromatic carbocycles. The summed E-state index contributed by atoms with van der Waals surface area (Å²) < 4.78 is 0. The molecule has 0 bridgehead atoms. The standard InChI is InChI=1S/C18H19N3O2S/c1-4-17(22)20(3)10-18(23)21-8-7-14-9-13(5-6-16(14)21)15-11-24-12(2)19-15/h4-6,9,11H,1,7-8,10H2,2-3H3. The summed E-state index contributed by atoms with van der Waals surface area (Å²) in [7, 11) is 1.60. The van der Waals surface area contributed by atoms with Crippen molar-refractivity contribution in [3.05, 3.63) is 46.8 Å². The normalized spacial score (nSPS) is 12.8. The van der Waals surface area contributed by atoms with Gasteiger partial charge in [-0.3, -0.25) is 9.59 Å². The van der Waals surface area contributed by atoms with Crippen molar-refractivity contribution in [1.29, 1.82) is 0 Å². The molecule has 1 aliphatic rings. The van der Waals surface area contributed by atoms with Crippen LogP contribution in [0.15, 0.2) is 36.2 Å². The number of carbonyl (C=O) groups excluding carboxylic acids is 2. The lowest BCUT2D eigenvalue weighted by molar-refractivity contribution is -0.130. The van der Waals surface area contributed by atoms with Crippen LogP contribution in [0, 0.1) is 6.92 Å². The van der Waals surface area contributed by atoms with Crippen molar-refractivity contribution >= 4 is 28.8 Å². The van der Waals surface area contributed by atoms with Crippen LogP contribution in [0.2, 0.25) is 0 Å². The highest BCUT2D eigenvalue weighted by Crippen LogP contribution is 2.32. The Morgan fingerprint density at radius 1 is 1.46 bits per heavy atom. The van der Waals surface area contributed by atoms with Gasteiger partial charge in [0.1, 0.15) is 6.54 Å². The number of rotatable bonds is 4. The molecule has 2 aromatic rings. The third-order valence-electron chi connectivity index (χ3n) is 4.11. The van der Waals surface area contributed by atoms with Crippen molar-refractivity contribution in [2.45, 2.75) is 13.3 Å². The van der Waals surface area contributed by atoms with Gasteiger partial charge in [0.2, 0.25) is 11.8 Å². The van der Waals surface area contributed by atoms with Crippen LogP contribution in [-0.2, 0) is 16.0 Å². The minimum atomic E-state index is -0.253. The van der Waals surface area contributed by atoms with Crippen LogP contribution < -0.4 is 4.90 Å². The maximum atomic E-state index is 12.5. The molecule has 3 rings (SSSR count). The smallest absolute Gasteiger partial charge is 0.246 e. The van der Waals surface area contributed by atoms with E-state index in [2.05, 4.69) is 17.6 Å². The van der Waals surface area contributed by atoms with Crippen LogP contribution in [0.25, 0.3) is 11.3 Å². The first-order valence-corrected chi connectivity index (χ1v) is 8.61. The van der Waals surface area contributed by atoms with Gasteiger partial charge in [-0.25, -0.2) is 4.98 Å². The van der Waals surface area contributed by atoms with Gasteiger partial charge in [-0.05, 0) is 37.1 Å². The van der Waals surface area contributed by atoms with Gasteiger partial charge in [0.05, 0.1) is 10.7 Å². The number of nitrogens with zero attached hydrogens (tertiary/aromatic N) is 3. The van der Waals surface area contributed by atoms with Crippen molar-refractivity contribution in [2.75, 3.05) is 25.0 Å². The van der Waals surface area contributed by atoms with Crippen LogP contribution in [0.1, 0.15) is 10.6 Å². The summed E-state index contributed by atoms with van der Waals surface area (Å²) in [6.07, 6.45) is 2.03. The fraction of sp³-hybridized carbons (Fsp3) is 0.278. The Kier molecular flexibility index (Phi) is 4.49. The second-order valence-electron chi connectivity index (χ2n) is 5.79. The van der Waals surface area contributed by atoms with E-state index >= 15 is 0 Å². The third-order valence-corrected chi connectivity index (χ3v) is 4.89. The molecule has 0 fully saturated rings. The molecular formula is C18H19N3O2S. The number of benzene rings is 1. The molecule has 2 heterocycles. The molecule has 0 spiro atoms. The number of aromatic nitrogens is 1. The number of fused-ring (bicyclic) bond motifs is 1. The minimum Gasteiger partial charge on any atom is -0.333 e. The molecule has 1 aliphatic heterocycles. The summed E-state index contributed by atoms with van der Waals surface area (Å²) in [5, 5.41) is 3.09. The van der Waals surface area contributed by atoms with Crippen molar-refractivity contribution in [2.24, 2.45) is 0 Å². The summed E-state index contributed by atoms with van der Waals surface area (Å²) in [5.41, 5.74) is 4.12. The first-order valence-electron chi connectivity index (χ1n) is 7.73. The maximum Gasteiger partial charge on any atom is 0.246 e. The van der Waals surface area contributed by atoms with E-state index in [1.807, 2.05) is 24.4 Å². The average molecular weight is 341 g/mol. The predicted octanol–water partition coefficient (Wildman–Crippen LogP) is 2.65. The zero-order chi connectivity index (χ0) is 17.3. The number of thiazole rings is 1. The summed E-state index contributed by atoms with van der Waals surface area (Å²) >= 11 is 1.63. The highest BCUT2D eigenvalue weighted by Gasteiger charge is 2.26. The molecule has 24 heavy (non-hydrogen) atoms. The van der Waals surface area contributed by atoms with Gasteiger partial charge < -0.3 is 9.80 Å². The van der Waals surface area contributed by atoms with Crippen molar-refractivity contribution in [3.8, 4) is 11.3 Å². The summed E-state index contributed by atoms with van der Waals surface area (Å²) in [5.74, 6) is -0.333. The van der Waals surface area contributed by atoms with E-state index in [9.17, 15) is 9.59 Å². The van der Waals surface area contributed by atoms with Crippen LogP contribution in [-0.4, -0.2) is 41.8 Å². The molecular weight excluding hydrogens is 322 g/mol. The van der Waals surface area contributed by atoms with E-state index in [-0.39, 0.29) is 18.4 Å². The Morgan fingerprint density at radius 3 is 2.92 bits per heavy atom. The first kappa shape index (κ1) is 16.4. The van der Waals surface area contributed by atoms with Gasteiger partial charge in [0, 0.05) is 30.2 Å². The quantitative estimate of drug-likeness (QED) is 0.804. The molecule has 0 aliphatic carbocycles. The van der Waals surface area contributed by atoms with Gasteiger partial charge >= 0.3 is 0 Å². The number of hydrogen-bond acceptors (Lipinski definition) is 4. The molecule has 0 atom stereocenters. The largest absolute Gasteiger partial charge is 0.333 e. The number of amides is 2. The lowest BCUT2D eigenvalue weighted by Crippen LogP contribution is -2.40.